The van der Waals surface area contributed by atoms with E-state index in [9.17, 15) is 19.4 Å². The molecule has 8 nitrogen and oxygen atoms in total. The number of nitrogens with zero attached hydrogens (tertiary/aromatic N) is 1. The second kappa shape index (κ2) is 65.9. The van der Waals surface area contributed by atoms with Crippen LogP contribution in [0.2, 0.25) is 0 Å². The zero-order valence-electron chi connectivity index (χ0n) is 56.9. The minimum atomic E-state index is -4.60. The lowest BCUT2D eigenvalue weighted by Gasteiger charge is -2.29. The van der Waals surface area contributed by atoms with Gasteiger partial charge in [0.1, 0.15) is 13.2 Å². The first-order chi connectivity index (χ1) is 41.0. The van der Waals surface area contributed by atoms with Crippen LogP contribution in [0, 0.1) is 0 Å². The van der Waals surface area contributed by atoms with Crippen LogP contribution in [0.4, 0.5) is 0 Å². The number of aliphatic hydroxyl groups is 1. The Hall–Kier alpha value is -1.54. The highest BCUT2D eigenvalue weighted by molar-refractivity contribution is 7.45. The first-order valence-electron chi connectivity index (χ1n) is 37.0. The average molecular weight is 1200 g/mol. The predicted octanol–water partition coefficient (Wildman–Crippen LogP) is 23.2. The van der Waals surface area contributed by atoms with Crippen LogP contribution < -0.4 is 10.2 Å². The Morgan fingerprint density at radius 2 is 0.690 bits per heavy atom. The van der Waals surface area contributed by atoms with Gasteiger partial charge < -0.3 is 28.8 Å². The van der Waals surface area contributed by atoms with Crippen molar-refractivity contribution in [2.24, 2.45) is 0 Å². The van der Waals surface area contributed by atoms with Gasteiger partial charge in [0.05, 0.1) is 39.9 Å². The molecule has 9 heteroatoms. The maximum Gasteiger partial charge on any atom is 0.268 e. The van der Waals surface area contributed by atoms with Gasteiger partial charge in [0.2, 0.25) is 5.91 Å². The molecule has 0 rings (SSSR count). The summed E-state index contributed by atoms with van der Waals surface area (Å²) in [6.07, 6.45) is 89.6. The minimum Gasteiger partial charge on any atom is -0.756 e. The quantitative estimate of drug-likeness (QED) is 0.0272. The van der Waals surface area contributed by atoms with Crippen molar-refractivity contribution in [3.63, 3.8) is 0 Å². The van der Waals surface area contributed by atoms with E-state index in [1.807, 2.05) is 27.2 Å². The normalized spacial score (nSPS) is 13.8. The summed E-state index contributed by atoms with van der Waals surface area (Å²) in [4.78, 5) is 25.7. The third kappa shape index (κ3) is 68.0. The van der Waals surface area contributed by atoms with Gasteiger partial charge in [-0.1, -0.05) is 358 Å². The lowest BCUT2D eigenvalue weighted by atomic mass is 10.0. The highest BCUT2D eigenvalue weighted by atomic mass is 31.2. The molecule has 3 unspecified atom stereocenters. The molecule has 0 aliphatic rings. The van der Waals surface area contributed by atoms with Crippen LogP contribution in [-0.2, 0) is 18.4 Å². The van der Waals surface area contributed by atoms with Crippen molar-refractivity contribution in [1.29, 1.82) is 0 Å². The summed E-state index contributed by atoms with van der Waals surface area (Å²) in [5, 5.41) is 14.0. The van der Waals surface area contributed by atoms with E-state index in [1.165, 1.54) is 302 Å². The van der Waals surface area contributed by atoms with E-state index in [0.29, 0.717) is 17.4 Å². The highest BCUT2D eigenvalue weighted by Crippen LogP contribution is 2.38. The van der Waals surface area contributed by atoms with Crippen LogP contribution in [0.3, 0.4) is 0 Å². The second-order valence-electron chi connectivity index (χ2n) is 26.7. The van der Waals surface area contributed by atoms with Gasteiger partial charge in [-0.15, -0.1) is 0 Å². The molecule has 0 saturated carbocycles. The van der Waals surface area contributed by atoms with E-state index in [-0.39, 0.29) is 19.1 Å². The number of quaternary nitrogens is 1. The first-order valence-corrected chi connectivity index (χ1v) is 38.5. The number of unbranched alkanes of at least 4 members (excludes halogenated alkanes) is 50. The molecule has 0 aromatic rings. The lowest BCUT2D eigenvalue weighted by Crippen LogP contribution is -2.45. The number of nitrogens with one attached hydrogen (secondary N) is 1. The zero-order valence-corrected chi connectivity index (χ0v) is 57.8. The van der Waals surface area contributed by atoms with Gasteiger partial charge in [0.15, 0.2) is 0 Å². The van der Waals surface area contributed by atoms with Crippen molar-refractivity contribution in [2.45, 2.75) is 386 Å². The molecular weight excluding hydrogens is 1060 g/mol. The molecule has 0 saturated heterocycles. The number of likely N-dealkylation sites (N-methyl/N-ethyl adjacent to an activating group) is 1. The molecule has 0 aromatic carbocycles. The molecule has 0 bridgehead atoms. The summed E-state index contributed by atoms with van der Waals surface area (Å²) in [7, 11) is 1.28. The molecule has 0 spiro atoms. The Morgan fingerprint density at radius 3 is 1.00 bits per heavy atom. The Kier molecular flexibility index (Phi) is 64.7. The van der Waals surface area contributed by atoms with E-state index < -0.39 is 20.0 Å². The number of hydrogen-bond donors (Lipinski definition) is 2. The summed E-state index contributed by atoms with van der Waals surface area (Å²) in [6, 6.07) is -0.887. The summed E-state index contributed by atoms with van der Waals surface area (Å²) in [5.41, 5.74) is 0. The Morgan fingerprint density at radius 1 is 0.417 bits per heavy atom. The predicted molar refractivity (Wildman–Crippen MR) is 367 cm³/mol. The fourth-order valence-corrected chi connectivity index (χ4v) is 12.0. The number of phosphoric acid groups is 1. The number of aliphatic hydroxyl groups excluding tert-OH is 1. The van der Waals surface area contributed by atoms with E-state index >= 15 is 0 Å². The number of amides is 1. The van der Waals surface area contributed by atoms with Crippen LogP contribution >= 0.6 is 7.82 Å². The molecule has 3 atom stereocenters. The average Bonchev–Trinajstić information content (AvgIpc) is 3.56. The van der Waals surface area contributed by atoms with Crippen LogP contribution in [0.15, 0.2) is 48.6 Å². The van der Waals surface area contributed by atoms with Crippen molar-refractivity contribution in [2.75, 3.05) is 40.9 Å². The van der Waals surface area contributed by atoms with Crippen molar-refractivity contribution in [3.05, 3.63) is 48.6 Å². The van der Waals surface area contributed by atoms with Crippen LogP contribution in [-0.4, -0.2) is 68.5 Å². The Bertz CT molecular complexity index is 1510. The van der Waals surface area contributed by atoms with Crippen molar-refractivity contribution in [3.8, 4) is 0 Å². The molecule has 0 fully saturated rings. The largest absolute Gasteiger partial charge is 0.756 e. The second-order valence-corrected chi connectivity index (χ2v) is 28.1. The van der Waals surface area contributed by atoms with Gasteiger partial charge in [-0.25, -0.2) is 0 Å². The molecule has 0 radical (unpaired) electrons. The molecule has 496 valence electrons. The summed E-state index contributed by atoms with van der Waals surface area (Å²) in [5.74, 6) is -0.190. The van der Waals surface area contributed by atoms with Gasteiger partial charge in [-0.05, 0) is 57.8 Å². The van der Waals surface area contributed by atoms with Gasteiger partial charge in [-0.2, -0.15) is 0 Å². The Balaban J connectivity index is 3.98. The monoisotopic (exact) mass is 1200 g/mol. The highest BCUT2D eigenvalue weighted by Gasteiger charge is 2.23. The fourth-order valence-electron chi connectivity index (χ4n) is 11.3. The summed E-state index contributed by atoms with van der Waals surface area (Å²) in [6.45, 7) is 4.69. The molecule has 0 heterocycles. The Labute approximate surface area is 524 Å². The SMILES string of the molecule is CCCCCCC/C=C\C/C=C\C/C=C\CCCCCCCCCCCCCCCCCCCCCCCCC(=O)NC(COP(=O)([O-])OCC[N+](C)(C)C)C(O)/C=C/CCCCCCCCCCCCCCCCCCCCCCCCC. The molecule has 1 amide bonds. The number of rotatable bonds is 69. The number of allylic oxidation sites excluding steroid dienone is 7. The van der Waals surface area contributed by atoms with Gasteiger partial charge in [0.25, 0.3) is 7.82 Å². The summed E-state index contributed by atoms with van der Waals surface area (Å²) >= 11 is 0. The molecule has 0 aliphatic carbocycles. The fraction of sp³-hybridized carbons (Fsp3) is 0.880. The van der Waals surface area contributed by atoms with Crippen molar-refractivity contribution >= 4 is 13.7 Å². The van der Waals surface area contributed by atoms with Gasteiger partial charge in [0, 0.05) is 6.42 Å². The van der Waals surface area contributed by atoms with E-state index in [4.69, 9.17) is 9.05 Å². The third-order valence-corrected chi connectivity index (χ3v) is 18.0. The molecule has 2 N–H and O–H groups in total. The van der Waals surface area contributed by atoms with Gasteiger partial charge >= 0.3 is 0 Å². The minimum absolute atomic E-state index is 0.000787. The lowest BCUT2D eigenvalue weighted by molar-refractivity contribution is -0.870. The maximum absolute atomic E-state index is 13.1. The van der Waals surface area contributed by atoms with E-state index in [0.717, 1.165) is 51.4 Å². The smallest absolute Gasteiger partial charge is 0.268 e. The van der Waals surface area contributed by atoms with Crippen LogP contribution in [0.25, 0.3) is 0 Å². The number of carbonyl (C=O) groups excluding carboxylic acids is 1. The third-order valence-electron chi connectivity index (χ3n) is 17.0. The standard InChI is InChI=1S/C75H145N2O6P/c1-6-8-10-12-14-16-18-20-22-24-26-28-30-32-33-34-35-36-37-38-39-40-41-42-43-45-47-49-51-53-55-57-59-61-63-65-67-69-75(79)76-73(72-83-84(80,81)82-71-70-77(3,4)5)74(78)68-66-64-62-60-58-56-54-52-50-48-46-44-31-29-27-25-23-21-19-17-15-13-11-9-7-2/h18,20,24,26,30,32,66,68,73-74,78H,6-17,19,21-23,25,27-29,31,33-65,67,69-72H2,1-5H3,(H-,76,79,80,81)/b20-18-,26-24-,32-30-,68-66+. The summed E-state index contributed by atoms with van der Waals surface area (Å²) < 4.78 is 23.5. The molecule has 0 aliphatic heterocycles. The number of carbonyl (C=O) groups is 1. The molecule has 84 heavy (non-hydrogen) atoms. The van der Waals surface area contributed by atoms with Crippen LogP contribution in [0.1, 0.15) is 373 Å². The first kappa shape index (κ1) is 82.5. The molecular formula is C75H145N2O6P. The molecule has 0 aromatic heterocycles. The van der Waals surface area contributed by atoms with Crippen molar-refractivity contribution in [1.82, 2.24) is 5.32 Å². The maximum atomic E-state index is 13.1. The van der Waals surface area contributed by atoms with Gasteiger partial charge in [-0.3, -0.25) is 9.36 Å². The van der Waals surface area contributed by atoms with Crippen molar-refractivity contribution < 1.29 is 32.9 Å². The van der Waals surface area contributed by atoms with Crippen LogP contribution in [0.5, 0.6) is 0 Å². The topological polar surface area (TPSA) is 108 Å². The van der Waals surface area contributed by atoms with E-state index in [1.54, 1.807) is 6.08 Å². The van der Waals surface area contributed by atoms with E-state index in [2.05, 4.69) is 55.6 Å². The number of hydrogen-bond acceptors (Lipinski definition) is 6. The zero-order chi connectivity index (χ0) is 61.2. The number of phosphoric ester groups is 1.